The number of unbranched alkanes of at least 4 members (excludes halogenated alkanes) is 2. The molecule has 2 nitrogen and oxygen atoms in total. The van der Waals surface area contributed by atoms with Crippen LogP contribution in [-0.4, -0.2) is 20.7 Å². The van der Waals surface area contributed by atoms with E-state index in [0.717, 1.165) is 19.1 Å². The Morgan fingerprint density at radius 1 is 1.25 bits per heavy atom. The molecule has 3 heteroatoms. The molecule has 0 aromatic heterocycles. The van der Waals surface area contributed by atoms with Gasteiger partial charge in [-0.05, 0) is 24.6 Å². The van der Waals surface area contributed by atoms with Crippen molar-refractivity contribution in [2.45, 2.75) is 77.6 Å². The van der Waals surface area contributed by atoms with Crippen LogP contribution in [0.5, 0.6) is 0 Å². The van der Waals surface area contributed by atoms with Gasteiger partial charge < -0.3 is 9.22 Å². The van der Waals surface area contributed by atoms with E-state index < -0.39 is 8.32 Å². The highest BCUT2D eigenvalue weighted by atomic mass is 28.4. The minimum atomic E-state index is -1.78. The maximum absolute atomic E-state index is 11.0. The largest absolute Gasteiger partial charge is 0.407 e. The Labute approximate surface area is 102 Å². The summed E-state index contributed by atoms with van der Waals surface area (Å²) in [5.74, 6) is 0. The molecule has 0 bridgehead atoms. The lowest BCUT2D eigenvalue weighted by atomic mass is 10.1. The van der Waals surface area contributed by atoms with Gasteiger partial charge in [-0.25, -0.2) is 0 Å². The van der Waals surface area contributed by atoms with E-state index in [4.69, 9.17) is 4.43 Å². The van der Waals surface area contributed by atoms with Crippen molar-refractivity contribution < 1.29 is 9.22 Å². The zero-order valence-corrected chi connectivity index (χ0v) is 12.8. The van der Waals surface area contributed by atoms with Gasteiger partial charge in [0, 0.05) is 0 Å². The molecule has 16 heavy (non-hydrogen) atoms. The molecule has 0 aromatic carbocycles. The Balaban J connectivity index is 4.26. The highest BCUT2D eigenvalue weighted by Crippen LogP contribution is 2.37. The summed E-state index contributed by atoms with van der Waals surface area (Å²) in [6, 6.07) is 0. The van der Waals surface area contributed by atoms with Crippen molar-refractivity contribution in [1.29, 1.82) is 0 Å². The van der Waals surface area contributed by atoms with Crippen LogP contribution < -0.4 is 0 Å². The fraction of sp³-hybridized carbons (Fsp3) is 0.923. The van der Waals surface area contributed by atoms with Gasteiger partial charge in [0.15, 0.2) is 8.32 Å². The van der Waals surface area contributed by atoms with Crippen molar-refractivity contribution in [1.82, 2.24) is 0 Å². The fourth-order valence-corrected chi connectivity index (χ4v) is 2.59. The van der Waals surface area contributed by atoms with Gasteiger partial charge in [0.05, 0.1) is 0 Å². The summed E-state index contributed by atoms with van der Waals surface area (Å²) in [5.41, 5.74) is 0. The quantitative estimate of drug-likeness (QED) is 0.382. The average molecular weight is 244 g/mol. The molecule has 1 atom stereocenters. The number of hydrogen-bond donors (Lipinski definition) is 0. The van der Waals surface area contributed by atoms with Crippen LogP contribution in [0, 0.1) is 0 Å². The molecular formula is C13H28O2Si. The first-order valence-electron chi connectivity index (χ1n) is 6.37. The molecule has 0 heterocycles. The second-order valence-corrected chi connectivity index (χ2v) is 10.8. The molecule has 0 unspecified atom stereocenters. The summed E-state index contributed by atoms with van der Waals surface area (Å²) >= 11 is 0. The number of rotatable bonds is 7. The lowest BCUT2D eigenvalue weighted by molar-refractivity contribution is -0.114. The van der Waals surface area contributed by atoms with E-state index in [2.05, 4.69) is 40.8 Å². The molecule has 0 aliphatic carbocycles. The Hall–Kier alpha value is -0.153. The van der Waals surface area contributed by atoms with Gasteiger partial charge in [0.1, 0.15) is 12.4 Å². The van der Waals surface area contributed by atoms with Crippen LogP contribution in [0.1, 0.15) is 53.4 Å². The zero-order chi connectivity index (χ0) is 12.8. The molecule has 0 spiro atoms. The van der Waals surface area contributed by atoms with E-state index in [1.54, 1.807) is 0 Å². The van der Waals surface area contributed by atoms with Crippen LogP contribution in [-0.2, 0) is 9.22 Å². The maximum Gasteiger partial charge on any atom is 0.193 e. The fourth-order valence-electron chi connectivity index (χ4n) is 1.31. The lowest BCUT2D eigenvalue weighted by Gasteiger charge is -2.38. The number of aldehydes is 1. The van der Waals surface area contributed by atoms with Crippen LogP contribution in [0.3, 0.4) is 0 Å². The van der Waals surface area contributed by atoms with E-state index in [1.807, 2.05) is 0 Å². The first-order valence-corrected chi connectivity index (χ1v) is 9.28. The molecule has 0 fully saturated rings. The monoisotopic (exact) mass is 244 g/mol. The van der Waals surface area contributed by atoms with E-state index in [9.17, 15) is 4.79 Å². The highest BCUT2D eigenvalue weighted by molar-refractivity contribution is 6.74. The third kappa shape index (κ3) is 5.26. The number of hydrogen-bond acceptors (Lipinski definition) is 2. The SMILES string of the molecule is CCCCC[C@@H](C=O)O[Si](C)(C)C(C)(C)C. The van der Waals surface area contributed by atoms with Gasteiger partial charge in [-0.2, -0.15) is 0 Å². The summed E-state index contributed by atoms with van der Waals surface area (Å²) in [6.07, 6.45) is 5.14. The third-order valence-electron chi connectivity index (χ3n) is 3.50. The molecule has 96 valence electrons. The first-order chi connectivity index (χ1) is 7.24. The van der Waals surface area contributed by atoms with Gasteiger partial charge in [0.2, 0.25) is 0 Å². The molecule has 0 saturated carbocycles. The standard InChI is InChI=1S/C13H28O2Si/c1-7-8-9-10-12(11-14)15-16(5,6)13(2,3)4/h11-12H,7-10H2,1-6H3/t12-/m0/s1. The van der Waals surface area contributed by atoms with E-state index in [-0.39, 0.29) is 11.1 Å². The van der Waals surface area contributed by atoms with Crippen molar-refractivity contribution in [2.75, 3.05) is 0 Å². The van der Waals surface area contributed by atoms with Crippen LogP contribution in [0.4, 0.5) is 0 Å². The van der Waals surface area contributed by atoms with Crippen molar-refractivity contribution in [3.63, 3.8) is 0 Å². The Morgan fingerprint density at radius 3 is 2.19 bits per heavy atom. The average Bonchev–Trinajstić information content (AvgIpc) is 2.14. The zero-order valence-electron chi connectivity index (χ0n) is 11.8. The van der Waals surface area contributed by atoms with Gasteiger partial charge >= 0.3 is 0 Å². The topological polar surface area (TPSA) is 26.3 Å². The van der Waals surface area contributed by atoms with Crippen molar-refractivity contribution >= 4 is 14.6 Å². The summed E-state index contributed by atoms with van der Waals surface area (Å²) in [6.45, 7) is 13.2. The van der Waals surface area contributed by atoms with E-state index in [1.165, 1.54) is 12.8 Å². The minimum absolute atomic E-state index is 0.180. The molecule has 0 N–H and O–H groups in total. The Morgan fingerprint density at radius 2 is 1.81 bits per heavy atom. The Bertz CT molecular complexity index is 206. The summed E-state index contributed by atoms with van der Waals surface area (Å²) in [7, 11) is -1.78. The molecule has 0 amide bonds. The first kappa shape index (κ1) is 15.8. The molecular weight excluding hydrogens is 216 g/mol. The molecule has 0 aromatic rings. The minimum Gasteiger partial charge on any atom is -0.407 e. The predicted octanol–water partition coefficient (Wildman–Crippen LogP) is 4.16. The van der Waals surface area contributed by atoms with E-state index in [0.29, 0.717) is 0 Å². The van der Waals surface area contributed by atoms with Crippen LogP contribution in [0.25, 0.3) is 0 Å². The molecule has 0 rings (SSSR count). The van der Waals surface area contributed by atoms with Crippen molar-refractivity contribution in [3.05, 3.63) is 0 Å². The van der Waals surface area contributed by atoms with Gasteiger partial charge in [-0.1, -0.05) is 47.0 Å². The second-order valence-electron chi connectivity index (χ2n) is 6.05. The summed E-state index contributed by atoms with van der Waals surface area (Å²) < 4.78 is 6.07. The number of carbonyl (C=O) groups excluding carboxylic acids is 1. The van der Waals surface area contributed by atoms with E-state index >= 15 is 0 Å². The summed E-state index contributed by atoms with van der Waals surface area (Å²) in [5, 5.41) is 0.180. The van der Waals surface area contributed by atoms with Crippen LogP contribution in [0.15, 0.2) is 0 Å². The van der Waals surface area contributed by atoms with Crippen LogP contribution in [0.2, 0.25) is 18.1 Å². The van der Waals surface area contributed by atoms with Crippen molar-refractivity contribution in [2.24, 2.45) is 0 Å². The molecule has 0 radical (unpaired) electrons. The molecule has 0 aliphatic rings. The van der Waals surface area contributed by atoms with Gasteiger partial charge in [-0.15, -0.1) is 0 Å². The molecule has 0 saturated heterocycles. The third-order valence-corrected chi connectivity index (χ3v) is 8.00. The van der Waals surface area contributed by atoms with Gasteiger partial charge in [-0.3, -0.25) is 0 Å². The lowest BCUT2D eigenvalue weighted by Crippen LogP contribution is -2.44. The predicted molar refractivity (Wildman–Crippen MR) is 72.3 cm³/mol. The smallest absolute Gasteiger partial charge is 0.193 e. The van der Waals surface area contributed by atoms with Crippen LogP contribution >= 0.6 is 0 Å². The van der Waals surface area contributed by atoms with Crippen molar-refractivity contribution in [3.8, 4) is 0 Å². The summed E-state index contributed by atoms with van der Waals surface area (Å²) in [4.78, 5) is 11.0. The maximum atomic E-state index is 11.0. The molecule has 0 aliphatic heterocycles. The second kappa shape index (κ2) is 6.55. The van der Waals surface area contributed by atoms with Gasteiger partial charge in [0.25, 0.3) is 0 Å². The number of carbonyl (C=O) groups is 1. The Kier molecular flexibility index (Phi) is 6.49. The highest BCUT2D eigenvalue weighted by Gasteiger charge is 2.38. The normalized spacial score (nSPS) is 14.9.